The molecule has 3 aromatic rings. The lowest BCUT2D eigenvalue weighted by Gasteiger charge is -2.08. The normalized spacial score (nSPS) is 10.4. The summed E-state index contributed by atoms with van der Waals surface area (Å²) in [5.41, 5.74) is 7.10. The summed E-state index contributed by atoms with van der Waals surface area (Å²) in [6.45, 7) is 1.66. The van der Waals surface area contributed by atoms with Gasteiger partial charge >= 0.3 is 11.9 Å². The highest BCUT2D eigenvalue weighted by Crippen LogP contribution is 2.32. The molecule has 0 unspecified atom stereocenters. The monoisotopic (exact) mass is 394 g/mol. The average molecular weight is 394 g/mol. The van der Waals surface area contributed by atoms with Gasteiger partial charge in [-0.3, -0.25) is 4.79 Å². The van der Waals surface area contributed by atoms with Crippen molar-refractivity contribution in [1.29, 1.82) is 5.26 Å². The Kier molecular flexibility index (Phi) is 5.92. The van der Waals surface area contributed by atoms with E-state index in [2.05, 4.69) is 0 Å². The molecule has 0 aliphatic heterocycles. The fourth-order valence-corrected chi connectivity index (χ4v) is 3.83. The first kappa shape index (κ1) is 19.4. The number of nitrogens with two attached hydrogens (primary N) is 1. The summed E-state index contributed by atoms with van der Waals surface area (Å²) in [4.78, 5) is 24.7. The number of rotatable bonds is 6. The van der Waals surface area contributed by atoms with Crippen LogP contribution < -0.4 is 5.73 Å². The molecule has 2 N–H and O–H groups in total. The highest BCUT2D eigenvalue weighted by molar-refractivity contribution is 7.18. The summed E-state index contributed by atoms with van der Waals surface area (Å²) in [6.07, 6.45) is 0.0810. The number of hydrogen-bond acceptors (Lipinski definition) is 7. The summed E-state index contributed by atoms with van der Waals surface area (Å²) in [7, 11) is 0. The molecule has 1 aromatic heterocycles. The zero-order valence-electron chi connectivity index (χ0n) is 15.2. The van der Waals surface area contributed by atoms with E-state index in [4.69, 9.17) is 15.2 Å². The lowest BCUT2D eigenvalue weighted by molar-refractivity contribution is -0.144. The summed E-state index contributed by atoms with van der Waals surface area (Å²) >= 11 is 0.961. The Bertz CT molecular complexity index is 1080. The number of esters is 2. The minimum absolute atomic E-state index is 0.0810. The van der Waals surface area contributed by atoms with Crippen molar-refractivity contribution >= 4 is 39.0 Å². The number of thiophene rings is 1. The highest BCUT2D eigenvalue weighted by atomic mass is 32.1. The zero-order valence-corrected chi connectivity index (χ0v) is 16.0. The van der Waals surface area contributed by atoms with E-state index in [1.807, 2.05) is 48.5 Å². The van der Waals surface area contributed by atoms with Gasteiger partial charge in [0, 0.05) is 5.56 Å². The number of nitrogens with zero attached hydrogens (tertiary/aromatic N) is 1. The van der Waals surface area contributed by atoms with Crippen molar-refractivity contribution in [2.24, 2.45) is 0 Å². The van der Waals surface area contributed by atoms with Gasteiger partial charge < -0.3 is 15.2 Å². The molecule has 0 aliphatic carbocycles. The maximum Gasteiger partial charge on any atom is 0.348 e. The lowest BCUT2D eigenvalue weighted by Crippen LogP contribution is -2.11. The number of ether oxygens (including phenoxy) is 2. The summed E-state index contributed by atoms with van der Waals surface area (Å²) < 4.78 is 10.4. The third kappa shape index (κ3) is 3.97. The van der Waals surface area contributed by atoms with Gasteiger partial charge in [-0.05, 0) is 23.3 Å². The second-order valence-corrected chi connectivity index (χ2v) is 7.01. The number of hydrogen-bond donors (Lipinski definition) is 1. The molecule has 6 nitrogen and oxygen atoms in total. The minimum atomic E-state index is -0.583. The third-order valence-electron chi connectivity index (χ3n) is 4.20. The molecule has 0 saturated heterocycles. The van der Waals surface area contributed by atoms with E-state index in [9.17, 15) is 14.9 Å². The number of anilines is 1. The van der Waals surface area contributed by atoms with Gasteiger partial charge in [-0.15, -0.1) is 11.3 Å². The van der Waals surface area contributed by atoms with E-state index in [-0.39, 0.29) is 40.6 Å². The molecule has 0 fully saturated rings. The molecule has 0 spiro atoms. The summed E-state index contributed by atoms with van der Waals surface area (Å²) in [5.74, 6) is -1.04. The van der Waals surface area contributed by atoms with Gasteiger partial charge in [0.05, 0.1) is 18.6 Å². The number of nitrogen functional groups attached to an aromatic ring is 1. The van der Waals surface area contributed by atoms with Gasteiger partial charge in [-0.2, -0.15) is 5.26 Å². The van der Waals surface area contributed by atoms with Crippen LogP contribution in [-0.4, -0.2) is 18.5 Å². The maximum absolute atomic E-state index is 12.4. The van der Waals surface area contributed by atoms with Crippen LogP contribution in [0.4, 0.5) is 5.00 Å². The fourth-order valence-electron chi connectivity index (χ4n) is 2.91. The number of carbonyl (C=O) groups excluding carboxylic acids is 2. The Morgan fingerprint density at radius 1 is 1.14 bits per heavy atom. The first-order valence-electron chi connectivity index (χ1n) is 8.65. The Balaban J connectivity index is 1.77. The van der Waals surface area contributed by atoms with E-state index in [0.717, 1.165) is 27.7 Å². The standard InChI is InChI=1S/C21H18N2O4S/c1-2-26-21(25)19-17(16(11-22)20(23)28-19)12-27-18(24)10-14-8-5-7-13-6-3-4-9-15(13)14/h3-9H,2,10,12,23H2,1H3. The highest BCUT2D eigenvalue weighted by Gasteiger charge is 2.24. The van der Waals surface area contributed by atoms with Crippen LogP contribution in [0.5, 0.6) is 0 Å². The first-order valence-corrected chi connectivity index (χ1v) is 9.47. The van der Waals surface area contributed by atoms with Crippen LogP contribution in [0.25, 0.3) is 10.8 Å². The second kappa shape index (κ2) is 8.55. The first-order chi connectivity index (χ1) is 13.5. The number of nitriles is 1. The van der Waals surface area contributed by atoms with E-state index in [1.54, 1.807) is 6.92 Å². The van der Waals surface area contributed by atoms with Crippen molar-refractivity contribution in [3.63, 3.8) is 0 Å². The van der Waals surface area contributed by atoms with Crippen LogP contribution in [-0.2, 0) is 27.3 Å². The zero-order chi connectivity index (χ0) is 20.1. The van der Waals surface area contributed by atoms with Crippen molar-refractivity contribution in [2.45, 2.75) is 20.0 Å². The third-order valence-corrected chi connectivity index (χ3v) is 5.24. The van der Waals surface area contributed by atoms with Gasteiger partial charge in [0.2, 0.25) is 0 Å². The largest absolute Gasteiger partial charge is 0.462 e. The van der Waals surface area contributed by atoms with Crippen molar-refractivity contribution < 1.29 is 19.1 Å². The topological polar surface area (TPSA) is 102 Å². The van der Waals surface area contributed by atoms with Crippen LogP contribution in [0, 0.1) is 11.3 Å². The molecular weight excluding hydrogens is 376 g/mol. The van der Waals surface area contributed by atoms with Crippen molar-refractivity contribution in [3.8, 4) is 6.07 Å². The summed E-state index contributed by atoms with van der Waals surface area (Å²) in [5, 5.41) is 11.5. The second-order valence-electron chi connectivity index (χ2n) is 5.96. The van der Waals surface area contributed by atoms with Crippen LogP contribution >= 0.6 is 11.3 Å². The Morgan fingerprint density at radius 3 is 2.64 bits per heavy atom. The molecule has 1 heterocycles. The molecule has 0 atom stereocenters. The average Bonchev–Trinajstić information content (AvgIpc) is 3.02. The van der Waals surface area contributed by atoms with Gasteiger partial charge in [0.1, 0.15) is 22.6 Å². The quantitative estimate of drug-likeness (QED) is 0.638. The van der Waals surface area contributed by atoms with Crippen LogP contribution in [0.3, 0.4) is 0 Å². The minimum Gasteiger partial charge on any atom is -0.462 e. The van der Waals surface area contributed by atoms with Crippen molar-refractivity contribution in [3.05, 3.63) is 64.0 Å². The smallest absolute Gasteiger partial charge is 0.348 e. The molecule has 0 radical (unpaired) electrons. The van der Waals surface area contributed by atoms with E-state index in [0.29, 0.717) is 0 Å². The molecule has 0 amide bonds. The molecule has 3 rings (SSSR count). The number of fused-ring (bicyclic) bond motifs is 1. The molecular formula is C21H18N2O4S. The maximum atomic E-state index is 12.4. The molecule has 7 heteroatoms. The Morgan fingerprint density at radius 2 is 1.89 bits per heavy atom. The lowest BCUT2D eigenvalue weighted by atomic mass is 10.0. The van der Waals surface area contributed by atoms with Crippen molar-refractivity contribution in [1.82, 2.24) is 0 Å². The predicted molar refractivity (Wildman–Crippen MR) is 107 cm³/mol. The van der Waals surface area contributed by atoms with Crippen LogP contribution in [0.1, 0.15) is 33.3 Å². The Hall–Kier alpha value is -3.37. The summed E-state index contributed by atoms with van der Waals surface area (Å²) in [6, 6.07) is 15.5. The Labute approximate surface area is 166 Å². The number of carbonyl (C=O) groups is 2. The van der Waals surface area contributed by atoms with E-state index < -0.39 is 11.9 Å². The fraction of sp³-hybridized carbons (Fsp3) is 0.190. The molecule has 28 heavy (non-hydrogen) atoms. The van der Waals surface area contributed by atoms with E-state index >= 15 is 0 Å². The molecule has 0 saturated carbocycles. The SMILES string of the molecule is CCOC(=O)c1sc(N)c(C#N)c1COC(=O)Cc1cccc2ccccc12. The van der Waals surface area contributed by atoms with Gasteiger partial charge in [0.15, 0.2) is 0 Å². The van der Waals surface area contributed by atoms with Gasteiger partial charge in [-0.1, -0.05) is 42.5 Å². The molecule has 0 bridgehead atoms. The molecule has 0 aliphatic rings. The van der Waals surface area contributed by atoms with Crippen LogP contribution in [0.2, 0.25) is 0 Å². The van der Waals surface area contributed by atoms with Gasteiger partial charge in [0.25, 0.3) is 0 Å². The molecule has 2 aromatic carbocycles. The van der Waals surface area contributed by atoms with Gasteiger partial charge in [-0.25, -0.2) is 4.79 Å². The van der Waals surface area contributed by atoms with E-state index in [1.165, 1.54) is 0 Å². The molecule has 142 valence electrons. The predicted octanol–water partition coefficient (Wildman–Crippen LogP) is 3.82. The number of benzene rings is 2. The van der Waals surface area contributed by atoms with Crippen LogP contribution in [0.15, 0.2) is 42.5 Å². The van der Waals surface area contributed by atoms with Crippen molar-refractivity contribution in [2.75, 3.05) is 12.3 Å².